The predicted molar refractivity (Wildman–Crippen MR) is 75.9 cm³/mol. The van der Waals surface area contributed by atoms with Crippen molar-refractivity contribution < 1.29 is 9.90 Å². The molecule has 0 aliphatic heterocycles. The van der Waals surface area contributed by atoms with E-state index in [2.05, 4.69) is 16.4 Å². The van der Waals surface area contributed by atoms with Crippen molar-refractivity contribution >= 4 is 16.8 Å². The smallest absolute Gasteiger partial charge is 0.220 e. The Morgan fingerprint density at radius 2 is 2.26 bits per heavy atom. The molecule has 1 unspecified atom stereocenters. The molecular formula is C15H20N2O2. The van der Waals surface area contributed by atoms with Gasteiger partial charge in [0, 0.05) is 18.1 Å². The summed E-state index contributed by atoms with van der Waals surface area (Å²) in [4.78, 5) is 14.9. The van der Waals surface area contributed by atoms with E-state index in [0.29, 0.717) is 6.42 Å². The number of aromatic amines is 1. The molecule has 1 aromatic carbocycles. The number of carbonyl (C=O) groups excluding carboxylic acids is 1. The van der Waals surface area contributed by atoms with Gasteiger partial charge in [-0.25, -0.2) is 0 Å². The van der Waals surface area contributed by atoms with Crippen LogP contribution in [0.2, 0.25) is 0 Å². The molecule has 102 valence electrons. The Hall–Kier alpha value is -1.81. The highest BCUT2D eigenvalue weighted by atomic mass is 16.3. The van der Waals surface area contributed by atoms with Crippen molar-refractivity contribution in [2.45, 2.75) is 32.2 Å². The minimum absolute atomic E-state index is 0.00243. The maximum atomic E-state index is 11.7. The molecule has 0 saturated heterocycles. The average molecular weight is 260 g/mol. The van der Waals surface area contributed by atoms with Gasteiger partial charge < -0.3 is 15.4 Å². The van der Waals surface area contributed by atoms with Crippen LogP contribution in [0.1, 0.15) is 25.3 Å². The van der Waals surface area contributed by atoms with Gasteiger partial charge in [-0.3, -0.25) is 4.79 Å². The molecule has 0 aliphatic rings. The summed E-state index contributed by atoms with van der Waals surface area (Å²) in [7, 11) is 0. The molecule has 0 aliphatic carbocycles. The monoisotopic (exact) mass is 260 g/mol. The van der Waals surface area contributed by atoms with Gasteiger partial charge in [0.2, 0.25) is 5.91 Å². The van der Waals surface area contributed by atoms with E-state index in [1.807, 2.05) is 31.3 Å². The fraction of sp³-hybridized carbons (Fsp3) is 0.400. The van der Waals surface area contributed by atoms with Gasteiger partial charge >= 0.3 is 0 Å². The van der Waals surface area contributed by atoms with Crippen molar-refractivity contribution in [1.29, 1.82) is 0 Å². The van der Waals surface area contributed by atoms with E-state index < -0.39 is 0 Å². The normalized spacial score (nSPS) is 12.5. The Kier molecular flexibility index (Phi) is 4.58. The number of rotatable bonds is 6. The van der Waals surface area contributed by atoms with Gasteiger partial charge in [0.25, 0.3) is 0 Å². The highest BCUT2D eigenvalue weighted by Crippen LogP contribution is 2.15. The molecule has 0 radical (unpaired) electrons. The van der Waals surface area contributed by atoms with E-state index in [1.54, 1.807) is 0 Å². The summed E-state index contributed by atoms with van der Waals surface area (Å²) in [5.74, 6) is -0.00457. The standard InChI is InChI=1S/C15H20N2O2/c1-2-13(10-18)17-15(19)6-4-11-3-5-14-12(9-11)7-8-16-14/h3,5,7-9,13,16,18H,2,4,6,10H2,1H3,(H,17,19). The molecule has 0 bridgehead atoms. The summed E-state index contributed by atoms with van der Waals surface area (Å²) in [5, 5.41) is 13.0. The Bertz CT molecular complexity index is 544. The van der Waals surface area contributed by atoms with Gasteiger partial charge in [0.1, 0.15) is 0 Å². The molecule has 3 N–H and O–H groups in total. The van der Waals surface area contributed by atoms with E-state index in [4.69, 9.17) is 5.11 Å². The van der Waals surface area contributed by atoms with E-state index in [0.717, 1.165) is 23.9 Å². The molecule has 2 aromatic rings. The zero-order chi connectivity index (χ0) is 13.7. The first-order chi connectivity index (χ1) is 9.22. The van der Waals surface area contributed by atoms with Crippen LogP contribution in [-0.4, -0.2) is 28.6 Å². The summed E-state index contributed by atoms with van der Waals surface area (Å²) in [6, 6.07) is 8.07. The van der Waals surface area contributed by atoms with Gasteiger partial charge in [0.05, 0.1) is 12.6 Å². The number of nitrogens with one attached hydrogen (secondary N) is 2. The lowest BCUT2D eigenvalue weighted by Gasteiger charge is -2.13. The first kappa shape index (κ1) is 13.6. The summed E-state index contributed by atoms with van der Waals surface area (Å²) < 4.78 is 0. The first-order valence-electron chi connectivity index (χ1n) is 6.69. The lowest BCUT2D eigenvalue weighted by atomic mass is 10.1. The van der Waals surface area contributed by atoms with Gasteiger partial charge in [-0.1, -0.05) is 13.0 Å². The van der Waals surface area contributed by atoms with E-state index in [1.165, 1.54) is 5.39 Å². The minimum Gasteiger partial charge on any atom is -0.394 e. The van der Waals surface area contributed by atoms with Crippen molar-refractivity contribution in [3.8, 4) is 0 Å². The number of H-pyrrole nitrogens is 1. The van der Waals surface area contributed by atoms with Crippen molar-refractivity contribution in [2.24, 2.45) is 0 Å². The first-order valence-corrected chi connectivity index (χ1v) is 6.69. The van der Waals surface area contributed by atoms with Crippen molar-refractivity contribution in [2.75, 3.05) is 6.61 Å². The Balaban J connectivity index is 1.89. The Morgan fingerprint density at radius 3 is 3.00 bits per heavy atom. The predicted octanol–water partition coefficient (Wildman–Crippen LogP) is 1.99. The third kappa shape index (κ3) is 3.58. The Morgan fingerprint density at radius 1 is 1.42 bits per heavy atom. The van der Waals surface area contributed by atoms with Crippen LogP contribution in [0.5, 0.6) is 0 Å². The van der Waals surface area contributed by atoms with Crippen LogP contribution in [0.15, 0.2) is 30.5 Å². The van der Waals surface area contributed by atoms with E-state index >= 15 is 0 Å². The summed E-state index contributed by atoms with van der Waals surface area (Å²) in [5.41, 5.74) is 2.26. The van der Waals surface area contributed by atoms with Crippen LogP contribution < -0.4 is 5.32 Å². The molecule has 1 amide bonds. The topological polar surface area (TPSA) is 65.1 Å². The molecule has 4 nitrogen and oxygen atoms in total. The number of benzene rings is 1. The van der Waals surface area contributed by atoms with Gasteiger partial charge in [0.15, 0.2) is 0 Å². The van der Waals surface area contributed by atoms with Crippen molar-refractivity contribution in [3.63, 3.8) is 0 Å². The van der Waals surface area contributed by atoms with Crippen LogP contribution in [0.3, 0.4) is 0 Å². The van der Waals surface area contributed by atoms with Gasteiger partial charge in [-0.15, -0.1) is 0 Å². The molecule has 4 heteroatoms. The number of carbonyl (C=O) groups is 1. The summed E-state index contributed by atoms with van der Waals surface area (Å²) in [6.45, 7) is 1.94. The van der Waals surface area contributed by atoms with Crippen molar-refractivity contribution in [1.82, 2.24) is 10.3 Å². The third-order valence-corrected chi connectivity index (χ3v) is 3.34. The Labute approximate surface area is 112 Å². The maximum absolute atomic E-state index is 11.7. The second kappa shape index (κ2) is 6.38. The largest absolute Gasteiger partial charge is 0.394 e. The number of aliphatic hydroxyl groups is 1. The second-order valence-corrected chi connectivity index (χ2v) is 4.75. The van der Waals surface area contributed by atoms with Crippen LogP contribution in [0.4, 0.5) is 0 Å². The SMILES string of the molecule is CCC(CO)NC(=O)CCc1ccc2[nH]ccc2c1. The van der Waals surface area contributed by atoms with E-state index in [9.17, 15) is 4.79 Å². The molecule has 0 saturated carbocycles. The number of aromatic nitrogens is 1. The van der Waals surface area contributed by atoms with Crippen LogP contribution >= 0.6 is 0 Å². The van der Waals surface area contributed by atoms with Crippen molar-refractivity contribution in [3.05, 3.63) is 36.0 Å². The fourth-order valence-electron chi connectivity index (χ4n) is 2.09. The molecule has 0 spiro atoms. The summed E-state index contributed by atoms with van der Waals surface area (Å²) >= 11 is 0. The van der Waals surface area contributed by atoms with Gasteiger partial charge in [-0.05, 0) is 42.0 Å². The fourth-order valence-corrected chi connectivity index (χ4v) is 2.09. The van der Waals surface area contributed by atoms with Crippen LogP contribution in [0.25, 0.3) is 10.9 Å². The molecular weight excluding hydrogens is 240 g/mol. The second-order valence-electron chi connectivity index (χ2n) is 4.75. The maximum Gasteiger partial charge on any atom is 0.220 e. The molecule has 2 rings (SSSR count). The van der Waals surface area contributed by atoms with Crippen LogP contribution in [0, 0.1) is 0 Å². The average Bonchev–Trinajstić information content (AvgIpc) is 2.89. The lowest BCUT2D eigenvalue weighted by molar-refractivity contribution is -0.122. The van der Waals surface area contributed by atoms with E-state index in [-0.39, 0.29) is 18.6 Å². The molecule has 19 heavy (non-hydrogen) atoms. The molecule has 1 atom stereocenters. The lowest BCUT2D eigenvalue weighted by Crippen LogP contribution is -2.36. The number of hydrogen-bond donors (Lipinski definition) is 3. The number of amides is 1. The number of aliphatic hydroxyl groups excluding tert-OH is 1. The quantitative estimate of drug-likeness (QED) is 0.743. The highest BCUT2D eigenvalue weighted by Gasteiger charge is 2.09. The van der Waals surface area contributed by atoms with Crippen LogP contribution in [-0.2, 0) is 11.2 Å². The number of aryl methyl sites for hydroxylation is 1. The zero-order valence-corrected chi connectivity index (χ0v) is 11.1. The number of hydrogen-bond acceptors (Lipinski definition) is 2. The van der Waals surface area contributed by atoms with Gasteiger partial charge in [-0.2, -0.15) is 0 Å². The number of fused-ring (bicyclic) bond motifs is 1. The molecule has 0 fully saturated rings. The summed E-state index contributed by atoms with van der Waals surface area (Å²) in [6.07, 6.45) is 3.83. The third-order valence-electron chi connectivity index (χ3n) is 3.34. The zero-order valence-electron chi connectivity index (χ0n) is 11.1. The molecule has 1 heterocycles. The minimum atomic E-state index is -0.125. The highest BCUT2D eigenvalue weighted by molar-refractivity contribution is 5.80. The molecule has 1 aromatic heterocycles.